The van der Waals surface area contributed by atoms with Crippen LogP contribution in [0.5, 0.6) is 0 Å². The van der Waals surface area contributed by atoms with Gasteiger partial charge in [-0.25, -0.2) is 24.9 Å². The van der Waals surface area contributed by atoms with Gasteiger partial charge >= 0.3 is 0 Å². The van der Waals surface area contributed by atoms with Gasteiger partial charge in [-0.2, -0.15) is 0 Å². The molecule has 0 unspecified atom stereocenters. The second kappa shape index (κ2) is 22.3. The summed E-state index contributed by atoms with van der Waals surface area (Å²) in [6.07, 6.45) is 1.83. The second-order valence-corrected chi connectivity index (χ2v) is 22.6. The zero-order chi connectivity index (χ0) is 52.4. The normalized spacial score (nSPS) is 11.2. The van der Waals surface area contributed by atoms with E-state index in [9.17, 15) is 0 Å². The molecule has 0 N–H and O–H groups in total. The first-order chi connectivity index (χ1) is 37.7. The fraction of sp³-hybridized carbons (Fsp3) is 0. The summed E-state index contributed by atoms with van der Waals surface area (Å²) >= 11 is 18.9. The van der Waals surface area contributed by atoms with Crippen molar-refractivity contribution in [2.24, 2.45) is 0 Å². The predicted octanol–water partition coefficient (Wildman–Crippen LogP) is 20.8. The summed E-state index contributed by atoms with van der Waals surface area (Å²) in [6, 6.07) is 81.8. The summed E-state index contributed by atoms with van der Waals surface area (Å²) in [5.41, 5.74) is 18.8. The lowest BCUT2D eigenvalue weighted by atomic mass is 9.96. The van der Waals surface area contributed by atoms with E-state index in [1.807, 2.05) is 48.7 Å². The quantitative estimate of drug-likeness (QED) is 0.129. The van der Waals surface area contributed by atoms with E-state index >= 15 is 0 Å². The Kier molecular flexibility index (Phi) is 14.7. The van der Waals surface area contributed by atoms with Gasteiger partial charge in [0.25, 0.3) is 0 Å². The van der Waals surface area contributed by atoms with E-state index in [0.717, 1.165) is 123 Å². The lowest BCUT2D eigenvalue weighted by molar-refractivity contribution is 1.07. The molecule has 5 nitrogen and oxygen atoms in total. The van der Waals surface area contributed by atoms with Crippen molar-refractivity contribution in [3.63, 3.8) is 0 Å². The molecule has 12 rings (SSSR count). The zero-order valence-corrected chi connectivity index (χ0v) is 48.6. The van der Waals surface area contributed by atoms with E-state index in [1.165, 1.54) is 0 Å². The number of nitrogens with zero attached hydrogens (tertiary/aromatic N) is 5. The van der Waals surface area contributed by atoms with Gasteiger partial charge < -0.3 is 0 Å². The molecule has 368 valence electrons. The van der Waals surface area contributed by atoms with Crippen LogP contribution < -0.4 is 0 Å². The van der Waals surface area contributed by atoms with Crippen molar-refractivity contribution in [3.8, 4) is 124 Å². The molecule has 10 heteroatoms. The van der Waals surface area contributed by atoms with E-state index in [2.05, 4.69) is 279 Å². The predicted molar refractivity (Wildman–Crippen MR) is 334 cm³/mol. The summed E-state index contributed by atoms with van der Waals surface area (Å²) in [4.78, 5) is 24.8. The molecule has 0 aliphatic rings. The van der Waals surface area contributed by atoms with Crippen molar-refractivity contribution >= 4 is 79.6 Å². The average Bonchev–Trinajstić information content (AvgIpc) is 3.49. The molecule has 77 heavy (non-hydrogen) atoms. The van der Waals surface area contributed by atoms with E-state index in [4.69, 9.17) is 19.9 Å². The Labute approximate surface area is 488 Å². The van der Waals surface area contributed by atoms with Crippen molar-refractivity contribution in [3.05, 3.63) is 265 Å². The highest BCUT2D eigenvalue weighted by atomic mass is 79.9. The molecule has 0 spiro atoms. The largest absolute Gasteiger partial charge is 0.237 e. The Morgan fingerprint density at radius 3 is 0.935 bits per heavy atom. The first-order valence-corrected chi connectivity index (χ1v) is 28.6. The van der Waals surface area contributed by atoms with E-state index < -0.39 is 0 Å². The van der Waals surface area contributed by atoms with Crippen LogP contribution in [-0.4, -0.2) is 24.9 Å². The number of hydrogen-bond donors (Lipinski definition) is 0. The summed E-state index contributed by atoms with van der Waals surface area (Å²) in [5, 5.41) is 0. The smallest absolute Gasteiger partial charge is 0.164 e. The van der Waals surface area contributed by atoms with Gasteiger partial charge in [0.05, 0.1) is 5.69 Å². The zero-order valence-electron chi connectivity index (χ0n) is 40.7. The molecule has 2 heterocycles. The monoisotopic (exact) mass is 1310 g/mol. The highest BCUT2D eigenvalue weighted by Gasteiger charge is 2.16. The van der Waals surface area contributed by atoms with E-state index in [0.29, 0.717) is 23.3 Å². The molecule has 0 saturated carbocycles. The van der Waals surface area contributed by atoms with Crippen LogP contribution in [0, 0.1) is 0 Å². The Morgan fingerprint density at radius 2 is 0.519 bits per heavy atom. The second-order valence-electron chi connectivity index (χ2n) is 18.3. The third-order valence-electron chi connectivity index (χ3n) is 13.5. The van der Waals surface area contributed by atoms with Crippen LogP contribution in [0.3, 0.4) is 0 Å². The van der Waals surface area contributed by atoms with E-state index in [-0.39, 0.29) is 0 Å². The van der Waals surface area contributed by atoms with Crippen LogP contribution in [0.25, 0.3) is 124 Å². The molecule has 2 aromatic heterocycles. The van der Waals surface area contributed by atoms with Crippen molar-refractivity contribution in [1.82, 2.24) is 24.9 Å². The fourth-order valence-electron chi connectivity index (χ4n) is 9.38. The molecule has 0 aliphatic heterocycles. The summed E-state index contributed by atoms with van der Waals surface area (Å²) in [5.74, 6) is 2.47. The molecular formula is C67H40Br5N5. The lowest BCUT2D eigenvalue weighted by Gasteiger charge is -2.13. The Balaban J connectivity index is 0.793. The van der Waals surface area contributed by atoms with Crippen molar-refractivity contribution < 1.29 is 0 Å². The van der Waals surface area contributed by atoms with Gasteiger partial charge in [0.2, 0.25) is 0 Å². The Hall–Kier alpha value is -7.31. The van der Waals surface area contributed by atoms with Gasteiger partial charge in [-0.15, -0.1) is 0 Å². The molecule has 0 aliphatic carbocycles. The van der Waals surface area contributed by atoms with E-state index in [1.54, 1.807) is 0 Å². The van der Waals surface area contributed by atoms with Crippen LogP contribution in [0.4, 0.5) is 0 Å². The number of aromatic nitrogens is 5. The highest BCUT2D eigenvalue weighted by Crippen LogP contribution is 2.39. The Bertz CT molecular complexity index is 4020. The highest BCUT2D eigenvalue weighted by molar-refractivity contribution is 9.11. The SMILES string of the molecule is Brc1ccccc1-c1ccc(-c2nccc(-c3ccc(-c4ccc(-c5ccc(Br)c(-c6ccc(-c7nc(-c8ccc(-c9ccccc9Br)cc8)nc(-c8ccc(-c9ccccc9Br)cc8)n7)cc6)c5)cc4Br)cc3)n2)cc1. The topological polar surface area (TPSA) is 64.5 Å². The minimum absolute atomic E-state index is 0.590. The summed E-state index contributed by atoms with van der Waals surface area (Å²) < 4.78 is 5.14. The van der Waals surface area contributed by atoms with Crippen molar-refractivity contribution in [2.45, 2.75) is 0 Å². The van der Waals surface area contributed by atoms with Crippen LogP contribution >= 0.6 is 79.6 Å². The molecule has 0 amide bonds. The van der Waals surface area contributed by atoms with Crippen LogP contribution in [-0.2, 0) is 0 Å². The maximum Gasteiger partial charge on any atom is 0.164 e. The third-order valence-corrected chi connectivity index (χ3v) is 16.9. The number of benzene rings is 10. The minimum Gasteiger partial charge on any atom is -0.237 e. The molecule has 0 fully saturated rings. The average molecular weight is 1310 g/mol. The van der Waals surface area contributed by atoms with Gasteiger partial charge in [0, 0.05) is 56.4 Å². The maximum atomic E-state index is 5.09. The van der Waals surface area contributed by atoms with Crippen LogP contribution in [0.1, 0.15) is 0 Å². The van der Waals surface area contributed by atoms with Crippen LogP contribution in [0.2, 0.25) is 0 Å². The molecule has 0 radical (unpaired) electrons. The Morgan fingerprint density at radius 1 is 0.208 bits per heavy atom. The molecule has 10 aromatic carbocycles. The van der Waals surface area contributed by atoms with Gasteiger partial charge in [-0.05, 0) is 109 Å². The third kappa shape index (κ3) is 10.9. The molecule has 0 bridgehead atoms. The van der Waals surface area contributed by atoms with Crippen molar-refractivity contribution in [1.29, 1.82) is 0 Å². The van der Waals surface area contributed by atoms with Crippen molar-refractivity contribution in [2.75, 3.05) is 0 Å². The van der Waals surface area contributed by atoms with Crippen LogP contribution in [0.15, 0.2) is 265 Å². The molecule has 12 aromatic rings. The number of hydrogen-bond acceptors (Lipinski definition) is 5. The number of halogens is 5. The van der Waals surface area contributed by atoms with Gasteiger partial charge in [-0.3, -0.25) is 0 Å². The number of rotatable bonds is 11. The fourth-order valence-corrected chi connectivity index (χ4v) is 12.0. The maximum absolute atomic E-state index is 5.09. The standard InChI is InChI=1S/C67H40Br5N5/c68-58-10-4-1-7-53(58)41-15-25-47(26-16-41)64-73-38-37-63(74-64)46-23-13-44(14-24-46)56-35-33-52(40-62(56)72)51-34-36-61(71)57(39-51)45-21-31-50(32-22-45)67-76-65(48-27-17-42(18-28-48)54-8-2-5-11-59(54)69)75-66(77-67)49-29-19-43(20-30-49)55-9-3-6-12-60(55)70/h1-40H. The minimum atomic E-state index is 0.590. The molecule has 0 atom stereocenters. The lowest BCUT2D eigenvalue weighted by Crippen LogP contribution is -2.00. The first-order valence-electron chi connectivity index (χ1n) is 24.7. The van der Waals surface area contributed by atoms with Gasteiger partial charge in [0.1, 0.15) is 0 Å². The summed E-state index contributed by atoms with van der Waals surface area (Å²) in [6.45, 7) is 0. The first kappa shape index (κ1) is 50.5. The molecule has 0 saturated heterocycles. The van der Waals surface area contributed by atoms with Gasteiger partial charge in [0.15, 0.2) is 23.3 Å². The molecular weight excluding hydrogens is 1270 g/mol. The summed E-state index contributed by atoms with van der Waals surface area (Å²) in [7, 11) is 0. The van der Waals surface area contributed by atoms with Gasteiger partial charge in [-0.1, -0.05) is 274 Å².